The van der Waals surface area contributed by atoms with Crippen molar-refractivity contribution in [3.05, 3.63) is 63.7 Å². The molecule has 2 aromatic carbocycles. The number of hydrogen-bond donors (Lipinski definition) is 1. The molecule has 0 aliphatic rings. The van der Waals surface area contributed by atoms with Crippen LogP contribution in [0.2, 0.25) is 0 Å². The highest BCUT2D eigenvalue weighted by atomic mass is 127. The van der Waals surface area contributed by atoms with Crippen LogP contribution in [0.3, 0.4) is 0 Å². The molecule has 1 N–H and O–H groups in total. The minimum Gasteiger partial charge on any atom is -0.207 e. The maximum atomic E-state index is 12.4. The Kier molecular flexibility index (Phi) is 5.17. The third-order valence-electron chi connectivity index (χ3n) is 3.03. The Labute approximate surface area is 133 Å². The minimum atomic E-state index is -3.49. The predicted molar refractivity (Wildman–Crippen MR) is 89.0 cm³/mol. The van der Waals surface area contributed by atoms with E-state index in [2.05, 4.69) is 27.3 Å². The second-order valence-electron chi connectivity index (χ2n) is 4.45. The van der Waals surface area contributed by atoms with Gasteiger partial charge in [-0.1, -0.05) is 37.3 Å². The fourth-order valence-electron chi connectivity index (χ4n) is 1.94. The van der Waals surface area contributed by atoms with Gasteiger partial charge in [-0.05, 0) is 58.8 Å². The zero-order valence-corrected chi connectivity index (χ0v) is 14.1. The lowest BCUT2D eigenvalue weighted by Gasteiger charge is -2.17. The summed E-state index contributed by atoms with van der Waals surface area (Å²) in [7, 11) is -3.49. The molecule has 0 amide bonds. The third kappa shape index (κ3) is 3.80. The van der Waals surface area contributed by atoms with E-state index in [-0.39, 0.29) is 6.04 Å². The quantitative estimate of drug-likeness (QED) is 0.777. The minimum absolute atomic E-state index is 0.208. The number of hydrogen-bond acceptors (Lipinski definition) is 2. The molecule has 2 aromatic rings. The van der Waals surface area contributed by atoms with E-state index in [4.69, 9.17) is 0 Å². The van der Waals surface area contributed by atoms with Crippen LogP contribution in [0.15, 0.2) is 59.5 Å². The first kappa shape index (κ1) is 15.5. The van der Waals surface area contributed by atoms with Crippen LogP contribution in [0, 0.1) is 3.57 Å². The average Bonchev–Trinajstić information content (AvgIpc) is 2.46. The van der Waals surface area contributed by atoms with Crippen LogP contribution < -0.4 is 4.72 Å². The van der Waals surface area contributed by atoms with E-state index < -0.39 is 10.0 Å². The number of benzene rings is 2. The van der Waals surface area contributed by atoms with Crippen molar-refractivity contribution in [1.82, 2.24) is 4.72 Å². The van der Waals surface area contributed by atoms with Crippen LogP contribution in [0.4, 0.5) is 0 Å². The monoisotopic (exact) mass is 401 g/mol. The Hall–Kier alpha value is -0.920. The second kappa shape index (κ2) is 6.69. The van der Waals surface area contributed by atoms with E-state index in [9.17, 15) is 8.42 Å². The highest BCUT2D eigenvalue weighted by Gasteiger charge is 2.19. The molecule has 0 fully saturated rings. The summed E-state index contributed by atoms with van der Waals surface area (Å²) >= 11 is 2.15. The van der Waals surface area contributed by atoms with Gasteiger partial charge in [-0.3, -0.25) is 0 Å². The van der Waals surface area contributed by atoms with Crippen molar-refractivity contribution in [2.24, 2.45) is 0 Å². The SMILES string of the molecule is CC[C@H](NS(=O)(=O)c1ccc(I)cc1)c1ccccc1. The number of halogens is 1. The molecule has 0 spiro atoms. The summed E-state index contributed by atoms with van der Waals surface area (Å²) < 4.78 is 28.5. The van der Waals surface area contributed by atoms with Gasteiger partial charge in [0.25, 0.3) is 0 Å². The summed E-state index contributed by atoms with van der Waals surface area (Å²) in [4.78, 5) is 0.298. The molecule has 5 heteroatoms. The van der Waals surface area contributed by atoms with Crippen molar-refractivity contribution in [3.8, 4) is 0 Å². The topological polar surface area (TPSA) is 46.2 Å². The summed E-state index contributed by atoms with van der Waals surface area (Å²) in [5.41, 5.74) is 0.976. The van der Waals surface area contributed by atoms with Crippen molar-refractivity contribution in [1.29, 1.82) is 0 Å². The lowest BCUT2D eigenvalue weighted by Crippen LogP contribution is -2.28. The molecule has 0 aliphatic heterocycles. The van der Waals surface area contributed by atoms with E-state index >= 15 is 0 Å². The fourth-order valence-corrected chi connectivity index (χ4v) is 3.61. The molecule has 0 aromatic heterocycles. The van der Waals surface area contributed by atoms with Gasteiger partial charge >= 0.3 is 0 Å². The van der Waals surface area contributed by atoms with Crippen LogP contribution in [-0.4, -0.2) is 8.42 Å². The van der Waals surface area contributed by atoms with Gasteiger partial charge in [-0.15, -0.1) is 0 Å². The zero-order chi connectivity index (χ0) is 14.6. The Morgan fingerprint density at radius 1 is 1.05 bits per heavy atom. The second-order valence-corrected chi connectivity index (χ2v) is 7.41. The van der Waals surface area contributed by atoms with Crippen molar-refractivity contribution in [3.63, 3.8) is 0 Å². The zero-order valence-electron chi connectivity index (χ0n) is 11.1. The standard InChI is InChI=1S/C15H16INO2S/c1-2-15(12-6-4-3-5-7-12)17-20(18,19)14-10-8-13(16)9-11-14/h3-11,15,17H,2H2,1H3/t15-/m0/s1. The molecular formula is C15H16INO2S. The lowest BCUT2D eigenvalue weighted by molar-refractivity contribution is 0.550. The molecule has 0 aliphatic carbocycles. The highest BCUT2D eigenvalue weighted by molar-refractivity contribution is 14.1. The largest absolute Gasteiger partial charge is 0.241 e. The highest BCUT2D eigenvalue weighted by Crippen LogP contribution is 2.20. The fraction of sp³-hybridized carbons (Fsp3) is 0.200. The molecule has 0 saturated carbocycles. The van der Waals surface area contributed by atoms with Crippen LogP contribution in [0.5, 0.6) is 0 Å². The van der Waals surface area contributed by atoms with Gasteiger partial charge in [-0.2, -0.15) is 0 Å². The first-order valence-corrected chi connectivity index (χ1v) is 8.92. The normalized spacial score (nSPS) is 13.1. The van der Waals surface area contributed by atoms with Crippen molar-refractivity contribution < 1.29 is 8.42 Å². The molecule has 0 radical (unpaired) electrons. The van der Waals surface area contributed by atoms with Gasteiger partial charge < -0.3 is 0 Å². The lowest BCUT2D eigenvalue weighted by atomic mass is 10.1. The number of rotatable bonds is 5. The first-order chi connectivity index (χ1) is 9.53. The van der Waals surface area contributed by atoms with E-state index in [0.29, 0.717) is 11.3 Å². The van der Waals surface area contributed by atoms with Crippen LogP contribution in [-0.2, 0) is 10.0 Å². The summed E-state index contributed by atoms with van der Waals surface area (Å²) in [5, 5.41) is 0. The summed E-state index contributed by atoms with van der Waals surface area (Å²) in [6.07, 6.45) is 0.702. The molecule has 20 heavy (non-hydrogen) atoms. The Morgan fingerprint density at radius 2 is 1.65 bits per heavy atom. The summed E-state index contributed by atoms with van der Waals surface area (Å²) in [6, 6.07) is 16.2. The molecule has 0 unspecified atom stereocenters. The van der Waals surface area contributed by atoms with Crippen LogP contribution in [0.1, 0.15) is 24.9 Å². The van der Waals surface area contributed by atoms with Crippen molar-refractivity contribution >= 4 is 32.6 Å². The first-order valence-electron chi connectivity index (χ1n) is 6.36. The Bertz CT molecular complexity index is 654. The van der Waals surface area contributed by atoms with Crippen LogP contribution in [0.25, 0.3) is 0 Å². The van der Waals surface area contributed by atoms with Gasteiger partial charge in [0.1, 0.15) is 0 Å². The molecule has 3 nitrogen and oxygen atoms in total. The third-order valence-corrected chi connectivity index (χ3v) is 5.24. The Balaban J connectivity index is 2.24. The van der Waals surface area contributed by atoms with E-state index in [1.807, 2.05) is 37.3 Å². The molecule has 0 saturated heterocycles. The maximum Gasteiger partial charge on any atom is 0.241 e. The van der Waals surface area contributed by atoms with Crippen molar-refractivity contribution in [2.75, 3.05) is 0 Å². The van der Waals surface area contributed by atoms with E-state index in [0.717, 1.165) is 9.13 Å². The van der Waals surface area contributed by atoms with Crippen LogP contribution >= 0.6 is 22.6 Å². The van der Waals surface area contributed by atoms with Crippen molar-refractivity contribution in [2.45, 2.75) is 24.3 Å². The summed E-state index contributed by atoms with van der Waals surface area (Å²) in [6.45, 7) is 1.97. The van der Waals surface area contributed by atoms with E-state index in [1.165, 1.54) is 0 Å². The molecule has 0 heterocycles. The smallest absolute Gasteiger partial charge is 0.207 e. The molecule has 2 rings (SSSR count). The van der Waals surface area contributed by atoms with Gasteiger partial charge in [0, 0.05) is 9.61 Å². The van der Waals surface area contributed by atoms with Gasteiger partial charge in [0.2, 0.25) is 10.0 Å². The van der Waals surface area contributed by atoms with Gasteiger partial charge in [0.05, 0.1) is 4.90 Å². The number of sulfonamides is 1. The molecular weight excluding hydrogens is 385 g/mol. The molecule has 0 bridgehead atoms. The van der Waals surface area contributed by atoms with Gasteiger partial charge in [-0.25, -0.2) is 13.1 Å². The molecule has 1 atom stereocenters. The maximum absolute atomic E-state index is 12.4. The predicted octanol–water partition coefficient (Wildman–Crippen LogP) is 3.72. The number of nitrogens with one attached hydrogen (secondary N) is 1. The summed E-state index contributed by atoms with van der Waals surface area (Å²) in [5.74, 6) is 0. The average molecular weight is 401 g/mol. The molecule has 106 valence electrons. The van der Waals surface area contributed by atoms with Gasteiger partial charge in [0.15, 0.2) is 0 Å². The van der Waals surface area contributed by atoms with E-state index in [1.54, 1.807) is 24.3 Å². The Morgan fingerprint density at radius 3 is 2.20 bits per heavy atom.